The van der Waals surface area contributed by atoms with Crippen molar-refractivity contribution in [2.24, 2.45) is 11.7 Å². The molecule has 0 saturated carbocycles. The zero-order valence-electron chi connectivity index (χ0n) is 18.3. The molecule has 0 bridgehead atoms. The van der Waals surface area contributed by atoms with Crippen LogP contribution in [0, 0.1) is 12.8 Å². The van der Waals surface area contributed by atoms with E-state index in [1.807, 2.05) is 4.90 Å². The molecule has 178 valence electrons. The molecule has 3 N–H and O–H groups in total. The van der Waals surface area contributed by atoms with Crippen LogP contribution in [0.25, 0.3) is 28.2 Å². The number of anilines is 1. The van der Waals surface area contributed by atoms with Gasteiger partial charge in [0, 0.05) is 18.8 Å². The predicted molar refractivity (Wildman–Crippen MR) is 118 cm³/mol. The van der Waals surface area contributed by atoms with E-state index < -0.39 is 17.4 Å². The number of nitrogens with two attached hydrogens (primary N) is 1. The number of halogens is 3. The van der Waals surface area contributed by atoms with E-state index in [-0.39, 0.29) is 39.9 Å². The van der Waals surface area contributed by atoms with Crippen LogP contribution in [0.1, 0.15) is 24.2 Å². The first-order valence-electron chi connectivity index (χ1n) is 10.8. The van der Waals surface area contributed by atoms with Gasteiger partial charge < -0.3 is 20.0 Å². The summed E-state index contributed by atoms with van der Waals surface area (Å²) in [7, 11) is 0. The van der Waals surface area contributed by atoms with Gasteiger partial charge in [-0.05, 0) is 37.8 Å². The standard InChI is InChI=1S/C22H22F3N7O2/c1-12-15(19-28-29-21(34-19)31-9-5-6-13(10-26)11-31)20(33)32-18(27-12)16(14-7-3-2-4-8-14)17(30-32)22(23,24)25/h2-4,7-8,13,27H,5-6,9-11,26H2,1H3. The fraction of sp³-hybridized carbons (Fsp3) is 0.364. The van der Waals surface area contributed by atoms with Crippen LogP contribution in [0.4, 0.5) is 19.2 Å². The van der Waals surface area contributed by atoms with Gasteiger partial charge in [-0.2, -0.15) is 22.8 Å². The van der Waals surface area contributed by atoms with Gasteiger partial charge in [-0.3, -0.25) is 4.79 Å². The second-order valence-corrected chi connectivity index (χ2v) is 8.36. The normalized spacial score (nSPS) is 17.0. The minimum Gasteiger partial charge on any atom is -0.403 e. The Balaban J connectivity index is 1.64. The number of benzene rings is 1. The molecule has 1 fully saturated rings. The summed E-state index contributed by atoms with van der Waals surface area (Å²) in [4.78, 5) is 18.1. The third-order valence-corrected chi connectivity index (χ3v) is 6.05. The molecule has 0 amide bonds. The maximum atomic E-state index is 13.9. The van der Waals surface area contributed by atoms with Crippen LogP contribution < -0.4 is 16.2 Å². The second-order valence-electron chi connectivity index (χ2n) is 8.36. The van der Waals surface area contributed by atoms with Crippen LogP contribution in [0.15, 0.2) is 39.5 Å². The van der Waals surface area contributed by atoms with Crippen molar-refractivity contribution < 1.29 is 17.6 Å². The number of aromatic amines is 1. The number of hydrogen-bond donors (Lipinski definition) is 2. The Morgan fingerprint density at radius 1 is 1.21 bits per heavy atom. The summed E-state index contributed by atoms with van der Waals surface area (Å²) in [5.74, 6) is 0.211. The van der Waals surface area contributed by atoms with E-state index >= 15 is 0 Å². The summed E-state index contributed by atoms with van der Waals surface area (Å²) in [5, 5.41) is 11.7. The zero-order chi connectivity index (χ0) is 24.0. The molecule has 1 atom stereocenters. The number of hydrogen-bond acceptors (Lipinski definition) is 7. The van der Waals surface area contributed by atoms with Crippen LogP contribution in [0.2, 0.25) is 0 Å². The Labute approximate surface area is 191 Å². The largest absolute Gasteiger partial charge is 0.435 e. The first kappa shape index (κ1) is 22.1. The second kappa shape index (κ2) is 8.28. The van der Waals surface area contributed by atoms with Crippen molar-refractivity contribution in [2.45, 2.75) is 25.9 Å². The monoisotopic (exact) mass is 473 g/mol. The Hall–Kier alpha value is -3.67. The molecule has 1 saturated heterocycles. The fourth-order valence-corrected chi connectivity index (χ4v) is 4.39. The highest BCUT2D eigenvalue weighted by Gasteiger charge is 2.39. The van der Waals surface area contributed by atoms with Gasteiger partial charge in [-0.25, -0.2) is 0 Å². The number of aryl methyl sites for hydroxylation is 1. The van der Waals surface area contributed by atoms with Gasteiger partial charge in [-0.1, -0.05) is 35.4 Å². The van der Waals surface area contributed by atoms with Crippen molar-refractivity contribution in [3.05, 3.63) is 52.1 Å². The van der Waals surface area contributed by atoms with Crippen molar-refractivity contribution >= 4 is 11.7 Å². The molecular weight excluding hydrogens is 451 g/mol. The SMILES string of the molecule is Cc1[nH]c2c(-c3ccccc3)c(C(F)(F)F)nn2c(=O)c1-c1nnc(N2CCCC(CN)C2)o1. The highest BCUT2D eigenvalue weighted by atomic mass is 19.4. The lowest BCUT2D eigenvalue weighted by Crippen LogP contribution is -2.38. The van der Waals surface area contributed by atoms with Crippen LogP contribution in [-0.2, 0) is 6.18 Å². The summed E-state index contributed by atoms with van der Waals surface area (Å²) in [5.41, 5.74) is 4.12. The molecule has 3 aromatic heterocycles. The van der Waals surface area contributed by atoms with E-state index in [4.69, 9.17) is 10.2 Å². The summed E-state index contributed by atoms with van der Waals surface area (Å²) >= 11 is 0. The number of rotatable bonds is 4. The molecule has 1 aliphatic rings. The van der Waals surface area contributed by atoms with Crippen molar-refractivity contribution in [3.63, 3.8) is 0 Å². The molecular formula is C22H22F3N7O2. The Morgan fingerprint density at radius 2 is 1.97 bits per heavy atom. The lowest BCUT2D eigenvalue weighted by molar-refractivity contribution is -0.140. The van der Waals surface area contributed by atoms with Gasteiger partial charge in [-0.15, -0.1) is 5.10 Å². The lowest BCUT2D eigenvalue weighted by Gasteiger charge is -2.30. The highest BCUT2D eigenvalue weighted by molar-refractivity contribution is 5.81. The molecule has 5 rings (SSSR count). The molecule has 0 radical (unpaired) electrons. The predicted octanol–water partition coefficient (Wildman–Crippen LogP) is 3.24. The van der Waals surface area contributed by atoms with Gasteiger partial charge >= 0.3 is 12.2 Å². The van der Waals surface area contributed by atoms with Gasteiger partial charge in [0.2, 0.25) is 0 Å². The lowest BCUT2D eigenvalue weighted by atomic mass is 9.99. The van der Waals surface area contributed by atoms with Crippen LogP contribution >= 0.6 is 0 Å². The number of aromatic nitrogens is 5. The number of H-pyrrole nitrogens is 1. The van der Waals surface area contributed by atoms with E-state index in [0.29, 0.717) is 30.1 Å². The first-order valence-corrected chi connectivity index (χ1v) is 10.8. The van der Waals surface area contributed by atoms with E-state index in [1.165, 1.54) is 12.1 Å². The minimum atomic E-state index is -4.77. The maximum Gasteiger partial charge on any atom is 0.435 e. The maximum absolute atomic E-state index is 13.9. The van der Waals surface area contributed by atoms with Gasteiger partial charge in [0.25, 0.3) is 11.4 Å². The first-order chi connectivity index (χ1) is 16.3. The highest BCUT2D eigenvalue weighted by Crippen LogP contribution is 2.38. The number of piperidine rings is 1. The molecule has 0 aliphatic carbocycles. The molecule has 0 spiro atoms. The van der Waals surface area contributed by atoms with E-state index in [0.717, 1.165) is 12.8 Å². The summed E-state index contributed by atoms with van der Waals surface area (Å²) in [6.45, 7) is 3.47. The van der Waals surface area contributed by atoms with Gasteiger partial charge in [0.15, 0.2) is 5.69 Å². The molecule has 12 heteroatoms. The van der Waals surface area contributed by atoms with Crippen molar-refractivity contribution in [2.75, 3.05) is 24.5 Å². The molecule has 4 heterocycles. The van der Waals surface area contributed by atoms with E-state index in [1.54, 1.807) is 25.1 Å². The molecule has 1 unspecified atom stereocenters. The van der Waals surface area contributed by atoms with Crippen molar-refractivity contribution in [3.8, 4) is 22.6 Å². The van der Waals surface area contributed by atoms with Crippen molar-refractivity contribution in [1.29, 1.82) is 0 Å². The third-order valence-electron chi connectivity index (χ3n) is 6.05. The Bertz CT molecular complexity index is 1390. The third kappa shape index (κ3) is 3.73. The average Bonchev–Trinajstić information content (AvgIpc) is 3.45. The molecule has 4 aromatic rings. The molecule has 34 heavy (non-hydrogen) atoms. The van der Waals surface area contributed by atoms with Crippen LogP contribution in [0.3, 0.4) is 0 Å². The number of alkyl halides is 3. The molecule has 1 aromatic carbocycles. The Morgan fingerprint density at radius 3 is 2.68 bits per heavy atom. The average molecular weight is 473 g/mol. The van der Waals surface area contributed by atoms with Gasteiger partial charge in [0.1, 0.15) is 11.2 Å². The van der Waals surface area contributed by atoms with Crippen molar-refractivity contribution in [1.82, 2.24) is 24.8 Å². The zero-order valence-corrected chi connectivity index (χ0v) is 18.3. The Kier molecular flexibility index (Phi) is 5.39. The number of nitrogens with one attached hydrogen (secondary N) is 1. The van der Waals surface area contributed by atoms with E-state index in [2.05, 4.69) is 20.3 Å². The smallest absolute Gasteiger partial charge is 0.403 e. The quantitative estimate of drug-likeness (QED) is 0.467. The summed E-state index contributed by atoms with van der Waals surface area (Å²) < 4.78 is 48.0. The molecule has 9 nitrogen and oxygen atoms in total. The topological polar surface area (TPSA) is 118 Å². The van der Waals surface area contributed by atoms with Gasteiger partial charge in [0.05, 0.1) is 5.56 Å². The summed E-state index contributed by atoms with van der Waals surface area (Å²) in [6.07, 6.45) is -2.84. The van der Waals surface area contributed by atoms with E-state index in [9.17, 15) is 18.0 Å². The van der Waals surface area contributed by atoms with Crippen LogP contribution in [-0.4, -0.2) is 44.4 Å². The minimum absolute atomic E-state index is 0.0329. The van der Waals surface area contributed by atoms with Crippen LogP contribution in [0.5, 0.6) is 0 Å². The number of nitrogens with zero attached hydrogens (tertiary/aromatic N) is 5. The molecule has 1 aliphatic heterocycles. The number of fused-ring (bicyclic) bond motifs is 1. The fourth-order valence-electron chi connectivity index (χ4n) is 4.39. The summed E-state index contributed by atoms with van der Waals surface area (Å²) in [6, 6.07) is 8.24.